The summed E-state index contributed by atoms with van der Waals surface area (Å²) in [5, 5.41) is 0. The Bertz CT molecular complexity index is 389. The quantitative estimate of drug-likeness (QED) is 0.652. The lowest BCUT2D eigenvalue weighted by Gasteiger charge is -2.13. The van der Waals surface area contributed by atoms with Crippen LogP contribution in [0.2, 0.25) is 0 Å². The summed E-state index contributed by atoms with van der Waals surface area (Å²) in [6, 6.07) is 3.74. The number of rotatable bonds is 3. The lowest BCUT2D eigenvalue weighted by atomic mass is 9.97. The number of Topliss-reactive ketones (excluding diaryl/α,β-unsaturated/α-hetero) is 1. The molecular formula is C12H19ClN2O. The fraction of sp³-hybridized carbons (Fsp3) is 0.417. The van der Waals surface area contributed by atoms with E-state index in [4.69, 9.17) is 5.73 Å². The molecule has 0 unspecified atom stereocenters. The summed E-state index contributed by atoms with van der Waals surface area (Å²) in [6.07, 6.45) is 0. The van der Waals surface area contributed by atoms with Gasteiger partial charge in [-0.05, 0) is 45.1 Å². The first kappa shape index (κ1) is 14.9. The van der Waals surface area contributed by atoms with Crippen molar-refractivity contribution < 1.29 is 4.79 Å². The highest BCUT2D eigenvalue weighted by Crippen LogP contribution is 2.20. The van der Waals surface area contributed by atoms with Crippen molar-refractivity contribution in [2.24, 2.45) is 0 Å². The zero-order valence-corrected chi connectivity index (χ0v) is 11.0. The molecule has 0 heterocycles. The monoisotopic (exact) mass is 242 g/mol. The van der Waals surface area contributed by atoms with Crippen molar-refractivity contribution in [1.82, 2.24) is 4.90 Å². The van der Waals surface area contributed by atoms with Crippen LogP contribution in [0.4, 0.5) is 5.69 Å². The Morgan fingerprint density at radius 2 is 1.88 bits per heavy atom. The number of nitrogens with zero attached hydrogens (tertiary/aromatic N) is 1. The largest absolute Gasteiger partial charge is 0.398 e. The molecule has 1 rings (SSSR count). The van der Waals surface area contributed by atoms with Crippen molar-refractivity contribution in [3.63, 3.8) is 0 Å². The van der Waals surface area contributed by atoms with Crippen LogP contribution in [0.15, 0.2) is 12.1 Å². The average molecular weight is 243 g/mol. The van der Waals surface area contributed by atoms with E-state index in [9.17, 15) is 4.79 Å². The van der Waals surface area contributed by atoms with Gasteiger partial charge in [-0.1, -0.05) is 6.07 Å². The van der Waals surface area contributed by atoms with E-state index in [0.717, 1.165) is 16.7 Å². The molecule has 0 aliphatic heterocycles. The normalized spacial score (nSPS) is 10.1. The molecule has 0 saturated carbocycles. The number of carbonyl (C=O) groups is 1. The number of likely N-dealkylation sites (N-methyl/N-ethyl adjacent to an activating group) is 1. The molecule has 0 aliphatic carbocycles. The van der Waals surface area contributed by atoms with Gasteiger partial charge in [-0.3, -0.25) is 4.79 Å². The van der Waals surface area contributed by atoms with Gasteiger partial charge in [-0.25, -0.2) is 0 Å². The minimum Gasteiger partial charge on any atom is -0.398 e. The fourth-order valence-electron chi connectivity index (χ4n) is 1.66. The lowest BCUT2D eigenvalue weighted by molar-refractivity contribution is 0.0956. The van der Waals surface area contributed by atoms with Crippen molar-refractivity contribution in [1.29, 1.82) is 0 Å². The Labute approximate surface area is 103 Å². The Morgan fingerprint density at radius 3 is 2.38 bits per heavy atom. The highest BCUT2D eigenvalue weighted by atomic mass is 35.5. The van der Waals surface area contributed by atoms with Gasteiger partial charge in [0.05, 0.1) is 6.54 Å². The first-order chi connectivity index (χ1) is 6.93. The zero-order valence-electron chi connectivity index (χ0n) is 10.2. The van der Waals surface area contributed by atoms with Gasteiger partial charge in [0.15, 0.2) is 5.78 Å². The molecule has 0 saturated heterocycles. The molecule has 3 nitrogen and oxygen atoms in total. The lowest BCUT2D eigenvalue weighted by Crippen LogP contribution is -2.23. The van der Waals surface area contributed by atoms with Crippen LogP contribution in [0.1, 0.15) is 21.5 Å². The van der Waals surface area contributed by atoms with Gasteiger partial charge < -0.3 is 10.6 Å². The minimum atomic E-state index is 0. The van der Waals surface area contributed by atoms with Crippen LogP contribution in [0, 0.1) is 13.8 Å². The van der Waals surface area contributed by atoms with E-state index in [1.807, 2.05) is 45.0 Å². The molecule has 0 spiro atoms. The van der Waals surface area contributed by atoms with E-state index >= 15 is 0 Å². The van der Waals surface area contributed by atoms with E-state index in [1.54, 1.807) is 0 Å². The molecular weight excluding hydrogens is 224 g/mol. The second kappa shape index (κ2) is 5.87. The Morgan fingerprint density at radius 1 is 1.31 bits per heavy atom. The number of hydrogen-bond acceptors (Lipinski definition) is 3. The maximum atomic E-state index is 12.0. The molecule has 0 radical (unpaired) electrons. The number of aryl methyl sites for hydroxylation is 1. The van der Waals surface area contributed by atoms with Crippen LogP contribution < -0.4 is 5.73 Å². The van der Waals surface area contributed by atoms with Crippen molar-refractivity contribution in [3.05, 3.63) is 28.8 Å². The van der Waals surface area contributed by atoms with Crippen LogP contribution in [-0.4, -0.2) is 31.3 Å². The third-order valence-corrected chi connectivity index (χ3v) is 2.45. The summed E-state index contributed by atoms with van der Waals surface area (Å²) in [6.45, 7) is 4.26. The summed E-state index contributed by atoms with van der Waals surface area (Å²) >= 11 is 0. The summed E-state index contributed by atoms with van der Waals surface area (Å²) < 4.78 is 0. The average Bonchev–Trinajstić information content (AvgIpc) is 2.11. The summed E-state index contributed by atoms with van der Waals surface area (Å²) in [7, 11) is 3.77. The highest BCUT2D eigenvalue weighted by Gasteiger charge is 2.14. The smallest absolute Gasteiger partial charge is 0.177 e. The van der Waals surface area contributed by atoms with Gasteiger partial charge in [0.25, 0.3) is 0 Å². The molecule has 0 aliphatic rings. The van der Waals surface area contributed by atoms with E-state index in [2.05, 4.69) is 0 Å². The topological polar surface area (TPSA) is 46.3 Å². The third kappa shape index (κ3) is 3.22. The van der Waals surface area contributed by atoms with E-state index in [0.29, 0.717) is 12.2 Å². The molecule has 16 heavy (non-hydrogen) atoms. The third-order valence-electron chi connectivity index (χ3n) is 2.45. The van der Waals surface area contributed by atoms with Crippen molar-refractivity contribution in [2.45, 2.75) is 13.8 Å². The molecule has 1 aromatic rings. The number of benzene rings is 1. The number of anilines is 1. The first-order valence-electron chi connectivity index (χ1n) is 4.97. The van der Waals surface area contributed by atoms with Gasteiger partial charge in [-0.2, -0.15) is 0 Å². The molecule has 0 amide bonds. The number of hydrogen-bond donors (Lipinski definition) is 1. The van der Waals surface area contributed by atoms with Crippen LogP contribution in [0.3, 0.4) is 0 Å². The van der Waals surface area contributed by atoms with E-state index in [-0.39, 0.29) is 18.2 Å². The standard InChI is InChI=1S/C12H18N2O.ClH/c1-8-5-6-10(13)9(2)12(8)11(15)7-14(3)4;/h5-6H,7,13H2,1-4H3;1H. The number of nitrogen functional groups attached to an aromatic ring is 1. The number of halogens is 1. The van der Waals surface area contributed by atoms with Crippen LogP contribution in [0.5, 0.6) is 0 Å². The Balaban J connectivity index is 0.00000225. The van der Waals surface area contributed by atoms with Gasteiger partial charge in [-0.15, -0.1) is 12.4 Å². The number of nitrogens with two attached hydrogens (primary N) is 1. The van der Waals surface area contributed by atoms with Gasteiger partial charge >= 0.3 is 0 Å². The van der Waals surface area contributed by atoms with Crippen LogP contribution >= 0.6 is 12.4 Å². The van der Waals surface area contributed by atoms with Gasteiger partial charge in [0.2, 0.25) is 0 Å². The van der Waals surface area contributed by atoms with Gasteiger partial charge in [0.1, 0.15) is 0 Å². The molecule has 2 N–H and O–H groups in total. The Kier molecular flexibility index (Phi) is 5.48. The second-order valence-corrected chi connectivity index (χ2v) is 4.13. The minimum absolute atomic E-state index is 0. The molecule has 0 atom stereocenters. The second-order valence-electron chi connectivity index (χ2n) is 4.13. The zero-order chi connectivity index (χ0) is 11.6. The maximum absolute atomic E-state index is 12.0. The van der Waals surface area contributed by atoms with Crippen molar-refractivity contribution in [2.75, 3.05) is 26.4 Å². The summed E-state index contributed by atoms with van der Waals surface area (Å²) in [5.74, 6) is 0.127. The molecule has 0 aromatic heterocycles. The maximum Gasteiger partial charge on any atom is 0.177 e. The van der Waals surface area contributed by atoms with Crippen molar-refractivity contribution >= 4 is 23.9 Å². The van der Waals surface area contributed by atoms with Crippen LogP contribution in [0.25, 0.3) is 0 Å². The Hall–Kier alpha value is -1.06. The van der Waals surface area contributed by atoms with Gasteiger partial charge in [0, 0.05) is 11.3 Å². The van der Waals surface area contributed by atoms with E-state index in [1.165, 1.54) is 0 Å². The molecule has 4 heteroatoms. The number of ketones is 1. The first-order valence-corrected chi connectivity index (χ1v) is 4.97. The predicted molar refractivity (Wildman–Crippen MR) is 70.5 cm³/mol. The molecule has 1 aromatic carbocycles. The fourth-order valence-corrected chi connectivity index (χ4v) is 1.66. The van der Waals surface area contributed by atoms with Crippen molar-refractivity contribution in [3.8, 4) is 0 Å². The molecule has 0 bridgehead atoms. The summed E-state index contributed by atoms with van der Waals surface area (Å²) in [4.78, 5) is 13.8. The number of carbonyl (C=O) groups excluding carboxylic acids is 1. The van der Waals surface area contributed by atoms with Crippen LogP contribution in [-0.2, 0) is 0 Å². The highest BCUT2D eigenvalue weighted by molar-refractivity contribution is 6.01. The van der Waals surface area contributed by atoms with E-state index < -0.39 is 0 Å². The molecule has 90 valence electrons. The summed E-state index contributed by atoms with van der Waals surface area (Å²) in [5.41, 5.74) is 9.13. The SMILES string of the molecule is Cc1ccc(N)c(C)c1C(=O)CN(C)C.Cl. The predicted octanol–water partition coefficient (Wildman–Crippen LogP) is 2.05. The molecule has 0 fully saturated rings.